The van der Waals surface area contributed by atoms with Crippen LogP contribution in [0.3, 0.4) is 0 Å². The van der Waals surface area contributed by atoms with E-state index in [1.807, 2.05) is 0 Å². The average molecular weight is 340 g/mol. The van der Waals surface area contributed by atoms with Gasteiger partial charge in [0.1, 0.15) is 5.51 Å². The first-order chi connectivity index (χ1) is 10.8. The van der Waals surface area contributed by atoms with Gasteiger partial charge in [-0.05, 0) is 25.7 Å². The van der Waals surface area contributed by atoms with Crippen LogP contribution in [0.4, 0.5) is 0 Å². The van der Waals surface area contributed by atoms with Crippen molar-refractivity contribution in [3.63, 3.8) is 0 Å². The summed E-state index contributed by atoms with van der Waals surface area (Å²) >= 11 is 3.06. The summed E-state index contributed by atoms with van der Waals surface area (Å²) < 4.78 is 0.903. The molecule has 0 unspecified atom stereocenters. The largest absolute Gasteiger partial charge is 0.336 e. The van der Waals surface area contributed by atoms with Gasteiger partial charge in [-0.1, -0.05) is 61.6 Å². The van der Waals surface area contributed by atoms with E-state index in [-0.39, 0.29) is 0 Å². The molecule has 3 rings (SSSR count). The summed E-state index contributed by atoms with van der Waals surface area (Å²) in [6.45, 7) is 0. The molecule has 0 aromatic carbocycles. The van der Waals surface area contributed by atoms with Gasteiger partial charge in [-0.15, -0.1) is 10.2 Å². The van der Waals surface area contributed by atoms with Gasteiger partial charge in [0.2, 0.25) is 5.91 Å². The van der Waals surface area contributed by atoms with Gasteiger partial charge in [-0.25, -0.2) is 0 Å². The number of thioether (sulfide) groups is 1. The maximum Gasteiger partial charge on any atom is 0.233 e. The van der Waals surface area contributed by atoms with Crippen molar-refractivity contribution in [2.75, 3.05) is 5.75 Å². The molecule has 0 bridgehead atoms. The van der Waals surface area contributed by atoms with Crippen LogP contribution < -0.4 is 0 Å². The Hall–Kier alpha value is -0.620. The van der Waals surface area contributed by atoms with Crippen molar-refractivity contribution >= 4 is 29.0 Å². The van der Waals surface area contributed by atoms with Crippen molar-refractivity contribution in [2.45, 2.75) is 80.6 Å². The highest BCUT2D eigenvalue weighted by atomic mass is 32.2. The van der Waals surface area contributed by atoms with E-state index in [0.717, 1.165) is 4.34 Å². The molecule has 6 heteroatoms. The highest BCUT2D eigenvalue weighted by Gasteiger charge is 2.32. The van der Waals surface area contributed by atoms with Gasteiger partial charge in [0.15, 0.2) is 4.34 Å². The third-order valence-corrected chi connectivity index (χ3v) is 6.73. The Balaban J connectivity index is 1.64. The highest BCUT2D eigenvalue weighted by Crippen LogP contribution is 2.31. The molecule has 22 heavy (non-hydrogen) atoms. The van der Waals surface area contributed by atoms with Gasteiger partial charge in [0, 0.05) is 12.1 Å². The standard InChI is InChI=1S/C16H25N3OS2/c20-15(11-21-16-18-17-12-22-16)19(13-7-3-1-4-8-13)14-9-5-2-6-10-14/h12-14H,1-11H2. The number of rotatable bonds is 5. The number of hydrogen-bond acceptors (Lipinski definition) is 5. The molecular weight excluding hydrogens is 314 g/mol. The molecule has 2 saturated carbocycles. The van der Waals surface area contributed by atoms with Crippen LogP contribution in [0.25, 0.3) is 0 Å². The average Bonchev–Trinajstić information content (AvgIpc) is 3.09. The maximum atomic E-state index is 12.9. The van der Waals surface area contributed by atoms with Crippen LogP contribution in [0.1, 0.15) is 64.2 Å². The van der Waals surface area contributed by atoms with E-state index in [1.165, 1.54) is 75.5 Å². The summed E-state index contributed by atoms with van der Waals surface area (Å²) in [5.41, 5.74) is 1.73. The van der Waals surface area contributed by atoms with Crippen molar-refractivity contribution in [1.29, 1.82) is 0 Å². The lowest BCUT2D eigenvalue weighted by molar-refractivity contribution is -0.135. The number of hydrogen-bond donors (Lipinski definition) is 0. The zero-order chi connectivity index (χ0) is 15.2. The molecule has 1 heterocycles. The molecule has 0 atom stereocenters. The molecule has 4 nitrogen and oxygen atoms in total. The minimum atomic E-state index is 0.319. The van der Waals surface area contributed by atoms with E-state index in [0.29, 0.717) is 23.7 Å². The minimum Gasteiger partial charge on any atom is -0.336 e. The molecule has 2 aliphatic rings. The summed E-state index contributed by atoms with van der Waals surface area (Å²) in [5, 5.41) is 7.88. The lowest BCUT2D eigenvalue weighted by atomic mass is 9.88. The fraction of sp³-hybridized carbons (Fsp3) is 0.812. The second-order valence-corrected chi connectivity index (χ2v) is 8.43. The Morgan fingerprint density at radius 2 is 1.68 bits per heavy atom. The predicted molar refractivity (Wildman–Crippen MR) is 91.2 cm³/mol. The van der Waals surface area contributed by atoms with E-state index in [4.69, 9.17) is 0 Å². The second-order valence-electron chi connectivity index (χ2n) is 6.38. The van der Waals surface area contributed by atoms with Crippen LogP contribution in [0.15, 0.2) is 9.85 Å². The van der Waals surface area contributed by atoms with Crippen molar-refractivity contribution < 1.29 is 4.79 Å². The Bertz CT molecular complexity index is 436. The fourth-order valence-corrected chi connectivity index (χ4v) is 5.21. The minimum absolute atomic E-state index is 0.319. The van der Waals surface area contributed by atoms with Gasteiger partial charge < -0.3 is 4.90 Å². The van der Waals surface area contributed by atoms with E-state index in [2.05, 4.69) is 15.1 Å². The zero-order valence-electron chi connectivity index (χ0n) is 13.1. The van der Waals surface area contributed by atoms with Crippen molar-refractivity contribution in [3.8, 4) is 0 Å². The molecule has 0 N–H and O–H groups in total. The Morgan fingerprint density at radius 1 is 1.09 bits per heavy atom. The molecule has 1 amide bonds. The van der Waals surface area contributed by atoms with Gasteiger partial charge in [0.05, 0.1) is 5.75 Å². The summed E-state index contributed by atoms with van der Waals surface area (Å²) in [4.78, 5) is 15.2. The Kier molecular flexibility index (Phi) is 6.12. The van der Waals surface area contributed by atoms with Crippen LogP contribution in [-0.2, 0) is 4.79 Å². The fourth-order valence-electron chi connectivity index (χ4n) is 3.85. The third kappa shape index (κ3) is 4.22. The highest BCUT2D eigenvalue weighted by molar-refractivity contribution is 8.01. The van der Waals surface area contributed by atoms with Crippen LogP contribution in [0.5, 0.6) is 0 Å². The Morgan fingerprint density at radius 3 is 2.18 bits per heavy atom. The molecule has 1 aromatic rings. The van der Waals surface area contributed by atoms with Crippen LogP contribution in [-0.4, -0.2) is 38.8 Å². The molecule has 0 radical (unpaired) electrons. The quantitative estimate of drug-likeness (QED) is 0.757. The SMILES string of the molecule is O=C(CSc1nncs1)N(C1CCCCC1)C1CCCCC1. The second kappa shape index (κ2) is 8.29. The summed E-state index contributed by atoms with van der Waals surface area (Å²) in [6, 6.07) is 0.971. The first-order valence-electron chi connectivity index (χ1n) is 8.55. The number of nitrogens with zero attached hydrogens (tertiary/aromatic N) is 3. The molecule has 122 valence electrons. The first kappa shape index (κ1) is 16.2. The first-order valence-corrected chi connectivity index (χ1v) is 10.4. The summed E-state index contributed by atoms with van der Waals surface area (Å²) in [5.74, 6) is 0.835. The molecular formula is C16H25N3OS2. The smallest absolute Gasteiger partial charge is 0.233 e. The summed E-state index contributed by atoms with van der Waals surface area (Å²) in [7, 11) is 0. The third-order valence-electron chi connectivity index (χ3n) is 4.88. The molecule has 0 spiro atoms. The predicted octanol–water partition coefficient (Wildman–Crippen LogP) is 4.12. The van der Waals surface area contributed by atoms with Gasteiger partial charge in [-0.3, -0.25) is 4.79 Å². The van der Waals surface area contributed by atoms with Gasteiger partial charge >= 0.3 is 0 Å². The van der Waals surface area contributed by atoms with Crippen molar-refractivity contribution in [2.24, 2.45) is 0 Å². The maximum absolute atomic E-state index is 12.9. The van der Waals surface area contributed by atoms with Crippen LogP contribution >= 0.6 is 23.1 Å². The van der Waals surface area contributed by atoms with E-state index in [1.54, 1.807) is 17.3 Å². The molecule has 2 fully saturated rings. The number of carbonyl (C=O) groups is 1. The van der Waals surface area contributed by atoms with E-state index in [9.17, 15) is 4.79 Å². The normalized spacial score (nSPS) is 20.9. The molecule has 0 saturated heterocycles. The monoisotopic (exact) mass is 339 g/mol. The number of aromatic nitrogens is 2. The molecule has 2 aliphatic carbocycles. The zero-order valence-corrected chi connectivity index (χ0v) is 14.7. The van der Waals surface area contributed by atoms with Gasteiger partial charge in [-0.2, -0.15) is 0 Å². The Labute approximate surface area is 141 Å². The van der Waals surface area contributed by atoms with Crippen LogP contribution in [0.2, 0.25) is 0 Å². The van der Waals surface area contributed by atoms with Crippen molar-refractivity contribution in [3.05, 3.63) is 5.51 Å². The van der Waals surface area contributed by atoms with Crippen LogP contribution in [0, 0.1) is 0 Å². The lowest BCUT2D eigenvalue weighted by Gasteiger charge is -2.41. The molecule has 0 aliphatic heterocycles. The van der Waals surface area contributed by atoms with Crippen molar-refractivity contribution in [1.82, 2.24) is 15.1 Å². The molecule has 1 aromatic heterocycles. The topological polar surface area (TPSA) is 46.1 Å². The summed E-state index contributed by atoms with van der Waals surface area (Å²) in [6.07, 6.45) is 12.6. The number of carbonyl (C=O) groups excluding carboxylic acids is 1. The van der Waals surface area contributed by atoms with Gasteiger partial charge in [0.25, 0.3) is 0 Å². The lowest BCUT2D eigenvalue weighted by Crippen LogP contribution is -2.49. The number of amides is 1. The van der Waals surface area contributed by atoms with E-state index < -0.39 is 0 Å². The van der Waals surface area contributed by atoms with E-state index >= 15 is 0 Å².